The Balaban J connectivity index is 2.06. The predicted octanol–water partition coefficient (Wildman–Crippen LogP) is 1.68. The Morgan fingerprint density at radius 1 is 1.39 bits per heavy atom. The van der Waals surface area contributed by atoms with Crippen molar-refractivity contribution in [2.24, 2.45) is 0 Å². The maximum atomic E-state index is 11.8. The molecule has 94 valence electrons. The topological polar surface area (TPSA) is 61.8 Å². The smallest absolute Gasteiger partial charge is 0.341 e. The van der Waals surface area contributed by atoms with Gasteiger partial charge in [0.15, 0.2) is 0 Å². The number of ether oxygens (including phenoxy) is 3. The molecule has 0 amide bonds. The highest BCUT2D eigenvalue weighted by molar-refractivity contribution is 5.92. The number of benzene rings is 1. The van der Waals surface area contributed by atoms with Crippen LogP contribution in [0.3, 0.4) is 0 Å². The fourth-order valence-electron chi connectivity index (χ4n) is 1.49. The molecule has 0 N–H and O–H groups in total. The van der Waals surface area contributed by atoms with Crippen LogP contribution in [-0.4, -0.2) is 25.3 Å². The Hall–Kier alpha value is -2.30. The van der Waals surface area contributed by atoms with Crippen molar-refractivity contribution in [3.05, 3.63) is 41.5 Å². The molecule has 1 aromatic carbocycles. The summed E-state index contributed by atoms with van der Waals surface area (Å²) < 4.78 is 14.8. The first kappa shape index (κ1) is 12.2. The van der Waals surface area contributed by atoms with E-state index < -0.39 is 18.2 Å². The van der Waals surface area contributed by atoms with E-state index in [0.717, 1.165) is 0 Å². The van der Waals surface area contributed by atoms with E-state index in [0.29, 0.717) is 16.9 Å². The average molecular weight is 248 g/mol. The fourth-order valence-corrected chi connectivity index (χ4v) is 1.49. The largest absolute Gasteiger partial charge is 0.497 e. The first-order chi connectivity index (χ1) is 8.60. The van der Waals surface area contributed by atoms with Crippen molar-refractivity contribution in [1.29, 1.82) is 0 Å². The van der Waals surface area contributed by atoms with Crippen LogP contribution in [0.2, 0.25) is 0 Å². The summed E-state index contributed by atoms with van der Waals surface area (Å²) in [5.41, 5.74) is 0.766. The summed E-state index contributed by atoms with van der Waals surface area (Å²) in [6.45, 7) is 1.60. The molecule has 5 heteroatoms. The van der Waals surface area contributed by atoms with Crippen LogP contribution in [0.15, 0.2) is 35.9 Å². The Bertz CT molecular complexity index is 518. The highest BCUT2D eigenvalue weighted by atomic mass is 16.7. The van der Waals surface area contributed by atoms with Gasteiger partial charge in [0, 0.05) is 11.6 Å². The summed E-state index contributed by atoms with van der Waals surface area (Å²) >= 11 is 0. The summed E-state index contributed by atoms with van der Waals surface area (Å²) in [6, 6.07) is 6.54. The lowest BCUT2D eigenvalue weighted by atomic mass is 10.2. The third-order valence-electron chi connectivity index (χ3n) is 2.46. The van der Waals surface area contributed by atoms with Gasteiger partial charge < -0.3 is 14.2 Å². The number of hydrogen-bond donors (Lipinski definition) is 0. The molecule has 0 saturated carbocycles. The number of cyclic esters (lactones) is 1. The number of rotatable bonds is 3. The quantitative estimate of drug-likeness (QED) is 0.761. The van der Waals surface area contributed by atoms with Crippen LogP contribution < -0.4 is 4.74 Å². The van der Waals surface area contributed by atoms with Gasteiger partial charge in [-0.1, -0.05) is 6.07 Å². The molecule has 1 atom stereocenters. The Morgan fingerprint density at radius 3 is 2.78 bits per heavy atom. The van der Waals surface area contributed by atoms with Crippen molar-refractivity contribution in [2.75, 3.05) is 7.11 Å². The SMILES string of the molecule is COc1cccc(C(=O)OC2C=C(C)C(=O)O2)c1. The van der Waals surface area contributed by atoms with Crippen molar-refractivity contribution < 1.29 is 23.8 Å². The van der Waals surface area contributed by atoms with Gasteiger partial charge in [-0.25, -0.2) is 9.59 Å². The number of esters is 2. The third kappa shape index (κ3) is 2.51. The fraction of sp³-hybridized carbons (Fsp3) is 0.231. The summed E-state index contributed by atoms with van der Waals surface area (Å²) in [5, 5.41) is 0. The predicted molar refractivity (Wildman–Crippen MR) is 62.0 cm³/mol. The lowest BCUT2D eigenvalue weighted by molar-refractivity contribution is -0.151. The van der Waals surface area contributed by atoms with Crippen molar-refractivity contribution in [1.82, 2.24) is 0 Å². The molecule has 0 aliphatic carbocycles. The lowest BCUT2D eigenvalue weighted by Crippen LogP contribution is -2.17. The molecule has 1 heterocycles. The van der Waals surface area contributed by atoms with E-state index in [1.165, 1.54) is 13.2 Å². The lowest BCUT2D eigenvalue weighted by Gasteiger charge is -2.10. The second kappa shape index (κ2) is 4.91. The maximum absolute atomic E-state index is 11.8. The van der Waals surface area contributed by atoms with Crippen LogP contribution in [-0.2, 0) is 14.3 Å². The molecule has 0 aromatic heterocycles. The standard InChI is InChI=1S/C13H12O5/c1-8-6-11(17-12(8)14)18-13(15)9-4-3-5-10(7-9)16-2/h3-7,11H,1-2H3. The van der Waals surface area contributed by atoms with Gasteiger partial charge in [-0.3, -0.25) is 0 Å². The zero-order valence-electron chi connectivity index (χ0n) is 10.0. The van der Waals surface area contributed by atoms with Crippen molar-refractivity contribution in [3.63, 3.8) is 0 Å². The van der Waals surface area contributed by atoms with Gasteiger partial charge in [0.05, 0.1) is 12.7 Å². The molecule has 2 rings (SSSR count). The van der Waals surface area contributed by atoms with E-state index in [9.17, 15) is 9.59 Å². The maximum Gasteiger partial charge on any atom is 0.341 e. The van der Waals surface area contributed by atoms with E-state index >= 15 is 0 Å². The molecule has 1 aromatic rings. The number of carbonyl (C=O) groups excluding carboxylic acids is 2. The molecule has 1 aliphatic heterocycles. The van der Waals surface area contributed by atoms with Crippen LogP contribution in [0.4, 0.5) is 0 Å². The van der Waals surface area contributed by atoms with E-state index in [1.54, 1.807) is 31.2 Å². The van der Waals surface area contributed by atoms with Gasteiger partial charge in [0.1, 0.15) is 5.75 Å². The third-order valence-corrected chi connectivity index (χ3v) is 2.46. The van der Waals surface area contributed by atoms with Gasteiger partial charge in [-0.05, 0) is 25.1 Å². The van der Waals surface area contributed by atoms with Crippen LogP contribution in [0.5, 0.6) is 5.75 Å². The highest BCUT2D eigenvalue weighted by Gasteiger charge is 2.25. The van der Waals surface area contributed by atoms with Crippen LogP contribution in [0.1, 0.15) is 17.3 Å². The van der Waals surface area contributed by atoms with Crippen molar-refractivity contribution in [3.8, 4) is 5.75 Å². The van der Waals surface area contributed by atoms with E-state index in [4.69, 9.17) is 14.2 Å². The normalized spacial score (nSPS) is 18.0. The molecule has 0 bridgehead atoms. The summed E-state index contributed by atoms with van der Waals surface area (Å²) in [6.07, 6.45) is 0.511. The molecule has 0 spiro atoms. The molecule has 0 fully saturated rings. The number of hydrogen-bond acceptors (Lipinski definition) is 5. The Kier molecular flexibility index (Phi) is 3.32. The minimum absolute atomic E-state index is 0.336. The molecule has 0 saturated heterocycles. The molecule has 18 heavy (non-hydrogen) atoms. The second-order valence-electron chi connectivity index (χ2n) is 3.76. The first-order valence-corrected chi connectivity index (χ1v) is 5.34. The van der Waals surface area contributed by atoms with Crippen LogP contribution >= 0.6 is 0 Å². The zero-order chi connectivity index (χ0) is 13.1. The van der Waals surface area contributed by atoms with E-state index in [-0.39, 0.29) is 0 Å². The van der Waals surface area contributed by atoms with Gasteiger partial charge in [-0.15, -0.1) is 0 Å². The average Bonchev–Trinajstić information content (AvgIpc) is 2.68. The molecule has 0 radical (unpaired) electrons. The van der Waals surface area contributed by atoms with Crippen LogP contribution in [0, 0.1) is 0 Å². The number of carbonyl (C=O) groups is 2. The minimum atomic E-state index is -0.948. The van der Waals surface area contributed by atoms with E-state index in [2.05, 4.69) is 0 Å². The van der Waals surface area contributed by atoms with Gasteiger partial charge >= 0.3 is 11.9 Å². The molecule has 1 unspecified atom stereocenters. The Labute approximate surface area is 104 Å². The molecule has 1 aliphatic rings. The zero-order valence-corrected chi connectivity index (χ0v) is 10.0. The monoisotopic (exact) mass is 248 g/mol. The molecular formula is C13H12O5. The summed E-state index contributed by atoms with van der Waals surface area (Å²) in [7, 11) is 1.51. The first-order valence-electron chi connectivity index (χ1n) is 5.34. The highest BCUT2D eigenvalue weighted by Crippen LogP contribution is 2.18. The van der Waals surface area contributed by atoms with Gasteiger partial charge in [0.25, 0.3) is 6.29 Å². The van der Waals surface area contributed by atoms with Gasteiger partial charge in [-0.2, -0.15) is 0 Å². The van der Waals surface area contributed by atoms with E-state index in [1.807, 2.05) is 0 Å². The number of methoxy groups -OCH3 is 1. The summed E-state index contributed by atoms with van der Waals surface area (Å²) in [4.78, 5) is 22.9. The Morgan fingerprint density at radius 2 is 2.17 bits per heavy atom. The van der Waals surface area contributed by atoms with Crippen molar-refractivity contribution in [2.45, 2.75) is 13.2 Å². The minimum Gasteiger partial charge on any atom is -0.497 e. The second-order valence-corrected chi connectivity index (χ2v) is 3.76. The molecule has 5 nitrogen and oxygen atoms in total. The molecular weight excluding hydrogens is 236 g/mol. The van der Waals surface area contributed by atoms with Crippen molar-refractivity contribution >= 4 is 11.9 Å². The summed E-state index contributed by atoms with van der Waals surface area (Å²) in [5.74, 6) is -0.490. The van der Waals surface area contributed by atoms with Gasteiger partial charge in [0.2, 0.25) is 0 Å². The van der Waals surface area contributed by atoms with Crippen LogP contribution in [0.25, 0.3) is 0 Å².